The minimum absolute atomic E-state index is 0.214. The molecule has 0 aromatic rings. The van der Waals surface area contributed by atoms with E-state index < -0.39 is 20.7 Å². The summed E-state index contributed by atoms with van der Waals surface area (Å²) in [6.45, 7) is 4.11. The van der Waals surface area contributed by atoms with Gasteiger partial charge in [0.15, 0.2) is 0 Å². The molecule has 1 rings (SSSR count). The average molecular weight is 287 g/mol. The van der Waals surface area contributed by atoms with E-state index in [1.165, 1.54) is 0 Å². The Balaban J connectivity index is 2.61. The number of cyclic esters (lactones) is 2. The normalized spacial score (nSPS) is 23.5. The van der Waals surface area contributed by atoms with Gasteiger partial charge in [-0.15, -0.1) is 0 Å². The van der Waals surface area contributed by atoms with Crippen LogP contribution in [-0.2, 0) is 23.2 Å². The standard InChI is InChI=1S/C13H23O5Si/c1-10(2)8-13(9-11(14)18-12(13)15)6-5-7-19(16-3)17-4/h10H,5-9H2,1-4H3. The van der Waals surface area contributed by atoms with Crippen LogP contribution in [0.4, 0.5) is 0 Å². The van der Waals surface area contributed by atoms with Crippen LogP contribution in [0.5, 0.6) is 0 Å². The lowest BCUT2D eigenvalue weighted by atomic mass is 9.75. The van der Waals surface area contributed by atoms with Gasteiger partial charge in [-0.1, -0.05) is 20.3 Å². The van der Waals surface area contributed by atoms with Crippen LogP contribution >= 0.6 is 0 Å². The molecule has 1 fully saturated rings. The second-order valence-corrected chi connectivity index (χ2v) is 7.51. The van der Waals surface area contributed by atoms with E-state index >= 15 is 0 Å². The molecule has 1 unspecified atom stereocenters. The number of hydrogen-bond donors (Lipinski definition) is 0. The predicted molar refractivity (Wildman–Crippen MR) is 71.4 cm³/mol. The third-order valence-electron chi connectivity index (χ3n) is 3.41. The van der Waals surface area contributed by atoms with Crippen molar-refractivity contribution in [3.8, 4) is 0 Å². The van der Waals surface area contributed by atoms with Gasteiger partial charge in [0.05, 0.1) is 11.8 Å². The van der Waals surface area contributed by atoms with Gasteiger partial charge in [0, 0.05) is 14.2 Å². The van der Waals surface area contributed by atoms with Crippen molar-refractivity contribution in [1.29, 1.82) is 0 Å². The summed E-state index contributed by atoms with van der Waals surface area (Å²) in [7, 11) is 2.03. The fraction of sp³-hybridized carbons (Fsp3) is 0.846. The molecule has 1 heterocycles. The molecule has 0 bridgehead atoms. The lowest BCUT2D eigenvalue weighted by Gasteiger charge is -2.25. The minimum Gasteiger partial charge on any atom is -0.397 e. The molecule has 0 aromatic carbocycles. The average Bonchev–Trinajstić information content (AvgIpc) is 2.59. The zero-order valence-electron chi connectivity index (χ0n) is 12.2. The van der Waals surface area contributed by atoms with Gasteiger partial charge in [-0.25, -0.2) is 0 Å². The zero-order chi connectivity index (χ0) is 14.5. The van der Waals surface area contributed by atoms with Crippen LogP contribution in [0.3, 0.4) is 0 Å². The highest BCUT2D eigenvalue weighted by atomic mass is 28.3. The fourth-order valence-corrected chi connectivity index (χ4v) is 3.72. The lowest BCUT2D eigenvalue weighted by Crippen LogP contribution is -2.29. The van der Waals surface area contributed by atoms with Crippen molar-refractivity contribution in [3.05, 3.63) is 0 Å². The van der Waals surface area contributed by atoms with Crippen LogP contribution in [0, 0.1) is 11.3 Å². The summed E-state index contributed by atoms with van der Waals surface area (Å²) in [5, 5.41) is 0. The summed E-state index contributed by atoms with van der Waals surface area (Å²) in [4.78, 5) is 23.3. The molecular weight excluding hydrogens is 264 g/mol. The first kappa shape index (κ1) is 16.3. The van der Waals surface area contributed by atoms with Gasteiger partial charge in [0.2, 0.25) is 0 Å². The van der Waals surface area contributed by atoms with Crippen LogP contribution in [0.1, 0.15) is 39.5 Å². The molecule has 19 heavy (non-hydrogen) atoms. The van der Waals surface area contributed by atoms with Crippen molar-refractivity contribution in [1.82, 2.24) is 0 Å². The van der Waals surface area contributed by atoms with Gasteiger partial charge in [-0.2, -0.15) is 0 Å². The Kier molecular flexibility index (Phi) is 6.16. The predicted octanol–water partition coefficient (Wildman–Crippen LogP) is 2.05. The second-order valence-electron chi connectivity index (χ2n) is 5.45. The number of esters is 2. The molecule has 0 aromatic heterocycles. The number of hydrogen-bond acceptors (Lipinski definition) is 5. The first-order valence-electron chi connectivity index (χ1n) is 6.62. The molecule has 109 valence electrons. The van der Waals surface area contributed by atoms with Gasteiger partial charge in [0.1, 0.15) is 0 Å². The van der Waals surface area contributed by atoms with Gasteiger partial charge < -0.3 is 13.6 Å². The molecule has 5 nitrogen and oxygen atoms in total. The Hall–Kier alpha value is -0.723. The van der Waals surface area contributed by atoms with E-state index in [4.69, 9.17) is 13.6 Å². The van der Waals surface area contributed by atoms with Crippen molar-refractivity contribution in [2.45, 2.75) is 45.6 Å². The van der Waals surface area contributed by atoms with Crippen molar-refractivity contribution >= 4 is 21.2 Å². The summed E-state index contributed by atoms with van der Waals surface area (Å²) in [6.07, 6.45) is 2.38. The Morgan fingerprint density at radius 3 is 2.37 bits per heavy atom. The number of rotatable bonds is 8. The van der Waals surface area contributed by atoms with E-state index in [1.807, 2.05) is 0 Å². The first-order chi connectivity index (χ1) is 8.93. The third kappa shape index (κ3) is 4.40. The molecule has 1 radical (unpaired) electrons. The SMILES string of the molecule is CO[Si](CCCC1(CC(C)C)CC(=O)OC1=O)OC. The minimum atomic E-state index is -1.24. The molecule has 0 aliphatic carbocycles. The molecule has 1 aliphatic heterocycles. The van der Waals surface area contributed by atoms with Crippen molar-refractivity contribution in [2.24, 2.45) is 11.3 Å². The maximum atomic E-state index is 12.0. The highest BCUT2D eigenvalue weighted by Gasteiger charge is 2.48. The molecule has 0 N–H and O–H groups in total. The van der Waals surface area contributed by atoms with Crippen LogP contribution in [-0.4, -0.2) is 35.4 Å². The van der Waals surface area contributed by atoms with Crippen LogP contribution in [0.15, 0.2) is 0 Å². The molecule has 0 spiro atoms. The Labute approximate surface area is 116 Å². The van der Waals surface area contributed by atoms with Crippen molar-refractivity contribution in [2.75, 3.05) is 14.2 Å². The third-order valence-corrected chi connectivity index (χ3v) is 5.09. The molecule has 1 saturated heterocycles. The van der Waals surface area contributed by atoms with Gasteiger partial charge in [-0.3, -0.25) is 9.59 Å². The van der Waals surface area contributed by atoms with E-state index in [2.05, 4.69) is 13.8 Å². The topological polar surface area (TPSA) is 61.8 Å². The van der Waals surface area contributed by atoms with E-state index in [0.717, 1.165) is 12.5 Å². The number of carbonyl (C=O) groups is 2. The summed E-state index contributed by atoms with van der Waals surface area (Å²) < 4.78 is 15.2. The smallest absolute Gasteiger partial charge is 0.384 e. The molecule has 0 amide bonds. The largest absolute Gasteiger partial charge is 0.397 e. The first-order valence-corrected chi connectivity index (χ1v) is 8.15. The highest BCUT2D eigenvalue weighted by Crippen LogP contribution is 2.41. The van der Waals surface area contributed by atoms with E-state index in [9.17, 15) is 9.59 Å². The van der Waals surface area contributed by atoms with E-state index in [1.54, 1.807) is 14.2 Å². The van der Waals surface area contributed by atoms with Crippen molar-refractivity contribution in [3.63, 3.8) is 0 Å². The molecule has 1 aliphatic rings. The zero-order valence-corrected chi connectivity index (χ0v) is 13.2. The Morgan fingerprint density at radius 2 is 1.95 bits per heavy atom. The maximum absolute atomic E-state index is 12.0. The summed E-state index contributed by atoms with van der Waals surface area (Å²) in [6, 6.07) is 0.805. The quantitative estimate of drug-likeness (QED) is 0.388. The Morgan fingerprint density at radius 1 is 1.32 bits per heavy atom. The molecular formula is C13H23O5Si. The van der Waals surface area contributed by atoms with Crippen LogP contribution in [0.2, 0.25) is 6.04 Å². The Bertz CT molecular complexity index is 327. The lowest BCUT2D eigenvalue weighted by molar-refractivity contribution is -0.155. The summed E-state index contributed by atoms with van der Waals surface area (Å²) >= 11 is 0. The monoisotopic (exact) mass is 287 g/mol. The second kappa shape index (κ2) is 7.16. The molecule has 6 heteroatoms. The fourth-order valence-electron chi connectivity index (χ4n) is 2.68. The summed E-state index contributed by atoms with van der Waals surface area (Å²) in [5.74, 6) is -0.391. The van der Waals surface area contributed by atoms with Crippen LogP contribution < -0.4 is 0 Å². The van der Waals surface area contributed by atoms with Gasteiger partial charge in [0.25, 0.3) is 0 Å². The molecule has 1 atom stereocenters. The van der Waals surface area contributed by atoms with E-state index in [-0.39, 0.29) is 12.4 Å². The van der Waals surface area contributed by atoms with Gasteiger partial charge in [-0.05, 0) is 24.8 Å². The van der Waals surface area contributed by atoms with Gasteiger partial charge >= 0.3 is 21.2 Å². The van der Waals surface area contributed by atoms with Crippen molar-refractivity contribution < 1.29 is 23.2 Å². The summed E-state index contributed by atoms with van der Waals surface area (Å²) in [5.41, 5.74) is -0.625. The highest BCUT2D eigenvalue weighted by molar-refractivity contribution is 6.44. The van der Waals surface area contributed by atoms with Crippen LogP contribution in [0.25, 0.3) is 0 Å². The number of ether oxygens (including phenoxy) is 1. The maximum Gasteiger partial charge on any atom is 0.384 e. The van der Waals surface area contributed by atoms with E-state index in [0.29, 0.717) is 18.8 Å². The molecule has 0 saturated carbocycles. The number of carbonyl (C=O) groups excluding carboxylic acids is 2.